The maximum atomic E-state index is 5.76. The number of hydrogen-bond donors (Lipinski definition) is 1. The van der Waals surface area contributed by atoms with Crippen LogP contribution in [0.5, 0.6) is 5.75 Å². The molecule has 0 saturated carbocycles. The summed E-state index contributed by atoms with van der Waals surface area (Å²) in [6, 6.07) is 8.19. The molecule has 1 heterocycles. The van der Waals surface area contributed by atoms with E-state index < -0.39 is 0 Å². The molecule has 1 fully saturated rings. The fourth-order valence-corrected chi connectivity index (χ4v) is 1.79. The minimum absolute atomic E-state index is 0.361. The molecule has 1 saturated heterocycles. The van der Waals surface area contributed by atoms with Gasteiger partial charge in [-0.05, 0) is 59.8 Å². The van der Waals surface area contributed by atoms with E-state index in [9.17, 15) is 0 Å². The first-order valence-electron chi connectivity index (χ1n) is 4.47. The SMILES string of the molecule is Ic1ccc(O[C@@H]2CCNC2)cc1. The second-order valence-electron chi connectivity index (χ2n) is 3.19. The molecule has 2 nitrogen and oxygen atoms in total. The van der Waals surface area contributed by atoms with Crippen LogP contribution in [-0.2, 0) is 0 Å². The van der Waals surface area contributed by atoms with Crippen LogP contribution in [0.2, 0.25) is 0 Å². The Kier molecular flexibility index (Phi) is 3.05. The molecule has 0 bridgehead atoms. The zero-order valence-corrected chi connectivity index (χ0v) is 9.45. The van der Waals surface area contributed by atoms with Crippen LogP contribution in [0.15, 0.2) is 24.3 Å². The van der Waals surface area contributed by atoms with Gasteiger partial charge in [0.1, 0.15) is 11.9 Å². The summed E-state index contributed by atoms with van der Waals surface area (Å²) in [6.45, 7) is 2.06. The molecule has 0 unspecified atom stereocenters. The van der Waals surface area contributed by atoms with E-state index in [4.69, 9.17) is 4.74 Å². The lowest BCUT2D eigenvalue weighted by Crippen LogP contribution is -2.19. The summed E-state index contributed by atoms with van der Waals surface area (Å²) < 4.78 is 7.01. The fourth-order valence-electron chi connectivity index (χ4n) is 1.43. The van der Waals surface area contributed by atoms with Crippen LogP contribution in [0.1, 0.15) is 6.42 Å². The molecular weight excluding hydrogens is 277 g/mol. The van der Waals surface area contributed by atoms with Gasteiger partial charge in [-0.1, -0.05) is 0 Å². The molecule has 1 aromatic carbocycles. The Morgan fingerprint density at radius 2 is 2.08 bits per heavy atom. The lowest BCUT2D eigenvalue weighted by Gasteiger charge is -2.11. The summed E-state index contributed by atoms with van der Waals surface area (Å²) in [5.74, 6) is 0.981. The monoisotopic (exact) mass is 289 g/mol. The van der Waals surface area contributed by atoms with Crippen LogP contribution >= 0.6 is 22.6 Å². The van der Waals surface area contributed by atoms with Gasteiger partial charge in [-0.25, -0.2) is 0 Å². The molecule has 0 spiro atoms. The van der Waals surface area contributed by atoms with Gasteiger partial charge in [0.05, 0.1) is 0 Å². The smallest absolute Gasteiger partial charge is 0.119 e. The molecule has 1 aromatic rings. The Labute approximate surface area is 91.8 Å². The van der Waals surface area contributed by atoms with E-state index in [2.05, 4.69) is 40.0 Å². The van der Waals surface area contributed by atoms with Gasteiger partial charge in [-0.15, -0.1) is 0 Å². The average molecular weight is 289 g/mol. The third kappa shape index (κ3) is 2.57. The molecule has 0 aliphatic carbocycles. The first-order valence-corrected chi connectivity index (χ1v) is 5.55. The van der Waals surface area contributed by atoms with E-state index in [1.165, 1.54) is 3.57 Å². The van der Waals surface area contributed by atoms with Crippen molar-refractivity contribution in [2.45, 2.75) is 12.5 Å². The fraction of sp³-hybridized carbons (Fsp3) is 0.400. The molecule has 2 rings (SSSR count). The Bertz CT molecular complexity index is 267. The van der Waals surface area contributed by atoms with Crippen molar-refractivity contribution in [1.29, 1.82) is 0 Å². The third-order valence-electron chi connectivity index (χ3n) is 2.13. The molecule has 1 atom stereocenters. The first-order chi connectivity index (χ1) is 6.34. The van der Waals surface area contributed by atoms with Crippen molar-refractivity contribution >= 4 is 22.6 Å². The molecule has 0 aromatic heterocycles. The van der Waals surface area contributed by atoms with Crippen LogP contribution in [0, 0.1) is 3.57 Å². The summed E-state index contributed by atoms with van der Waals surface area (Å²) in [5, 5.41) is 3.28. The van der Waals surface area contributed by atoms with Crippen LogP contribution in [0.4, 0.5) is 0 Å². The minimum Gasteiger partial charge on any atom is -0.489 e. The van der Waals surface area contributed by atoms with Crippen molar-refractivity contribution in [3.8, 4) is 5.75 Å². The molecule has 1 aliphatic rings. The Morgan fingerprint density at radius 1 is 1.31 bits per heavy atom. The second kappa shape index (κ2) is 4.28. The highest BCUT2D eigenvalue weighted by Gasteiger charge is 2.15. The van der Waals surface area contributed by atoms with E-state index in [0.717, 1.165) is 25.3 Å². The highest BCUT2D eigenvalue weighted by molar-refractivity contribution is 14.1. The van der Waals surface area contributed by atoms with E-state index in [1.807, 2.05) is 12.1 Å². The Balaban J connectivity index is 1.97. The van der Waals surface area contributed by atoms with Crippen molar-refractivity contribution in [1.82, 2.24) is 5.32 Å². The summed E-state index contributed by atoms with van der Waals surface area (Å²) in [5.41, 5.74) is 0. The number of rotatable bonds is 2. The van der Waals surface area contributed by atoms with E-state index >= 15 is 0 Å². The molecular formula is C10H12INO. The minimum atomic E-state index is 0.361. The van der Waals surface area contributed by atoms with Crippen LogP contribution in [-0.4, -0.2) is 19.2 Å². The quantitative estimate of drug-likeness (QED) is 0.841. The van der Waals surface area contributed by atoms with Gasteiger partial charge in [-0.2, -0.15) is 0 Å². The molecule has 1 aliphatic heterocycles. The Morgan fingerprint density at radius 3 is 2.69 bits per heavy atom. The largest absolute Gasteiger partial charge is 0.489 e. The van der Waals surface area contributed by atoms with Crippen LogP contribution < -0.4 is 10.1 Å². The highest BCUT2D eigenvalue weighted by Crippen LogP contribution is 2.16. The van der Waals surface area contributed by atoms with Gasteiger partial charge in [0.2, 0.25) is 0 Å². The van der Waals surface area contributed by atoms with Gasteiger partial charge in [0.25, 0.3) is 0 Å². The van der Waals surface area contributed by atoms with Crippen molar-refractivity contribution in [2.75, 3.05) is 13.1 Å². The standard InChI is InChI=1S/C10H12INO/c11-8-1-3-9(4-2-8)13-10-5-6-12-7-10/h1-4,10,12H,5-7H2/t10-/m1/s1. The number of ether oxygens (including phenoxy) is 1. The summed E-state index contributed by atoms with van der Waals surface area (Å²) in [4.78, 5) is 0. The Hall–Kier alpha value is -0.290. The number of nitrogens with one attached hydrogen (secondary N) is 1. The summed E-state index contributed by atoms with van der Waals surface area (Å²) >= 11 is 2.29. The van der Waals surface area contributed by atoms with E-state index in [1.54, 1.807) is 0 Å². The molecule has 70 valence electrons. The molecule has 13 heavy (non-hydrogen) atoms. The predicted molar refractivity (Wildman–Crippen MR) is 61.1 cm³/mol. The van der Waals surface area contributed by atoms with Crippen molar-refractivity contribution in [3.63, 3.8) is 0 Å². The molecule has 0 amide bonds. The van der Waals surface area contributed by atoms with Crippen LogP contribution in [0.25, 0.3) is 0 Å². The lowest BCUT2D eigenvalue weighted by atomic mass is 10.3. The number of benzene rings is 1. The lowest BCUT2D eigenvalue weighted by molar-refractivity contribution is 0.223. The van der Waals surface area contributed by atoms with Gasteiger partial charge in [0, 0.05) is 10.1 Å². The maximum absolute atomic E-state index is 5.76. The van der Waals surface area contributed by atoms with Gasteiger partial charge in [0.15, 0.2) is 0 Å². The average Bonchev–Trinajstić information content (AvgIpc) is 2.62. The topological polar surface area (TPSA) is 21.3 Å². The first kappa shape index (κ1) is 9.27. The van der Waals surface area contributed by atoms with Gasteiger partial charge in [-0.3, -0.25) is 0 Å². The maximum Gasteiger partial charge on any atom is 0.119 e. The van der Waals surface area contributed by atoms with Gasteiger partial charge < -0.3 is 10.1 Å². The van der Waals surface area contributed by atoms with Crippen molar-refractivity contribution < 1.29 is 4.74 Å². The second-order valence-corrected chi connectivity index (χ2v) is 4.43. The molecule has 0 radical (unpaired) electrons. The van der Waals surface area contributed by atoms with Crippen LogP contribution in [0.3, 0.4) is 0 Å². The third-order valence-corrected chi connectivity index (χ3v) is 2.85. The van der Waals surface area contributed by atoms with E-state index in [0.29, 0.717) is 6.10 Å². The predicted octanol–water partition coefficient (Wildman–Crippen LogP) is 2.03. The summed E-state index contributed by atoms with van der Waals surface area (Å²) in [7, 11) is 0. The summed E-state index contributed by atoms with van der Waals surface area (Å²) in [6.07, 6.45) is 1.48. The normalized spacial score (nSPS) is 21.8. The van der Waals surface area contributed by atoms with Crippen molar-refractivity contribution in [3.05, 3.63) is 27.8 Å². The zero-order valence-electron chi connectivity index (χ0n) is 7.29. The van der Waals surface area contributed by atoms with E-state index in [-0.39, 0.29) is 0 Å². The number of hydrogen-bond acceptors (Lipinski definition) is 2. The molecule has 1 N–H and O–H groups in total. The molecule has 3 heteroatoms. The zero-order chi connectivity index (χ0) is 9.10. The number of halogens is 1. The van der Waals surface area contributed by atoms with Crippen molar-refractivity contribution in [2.24, 2.45) is 0 Å². The highest BCUT2D eigenvalue weighted by atomic mass is 127. The van der Waals surface area contributed by atoms with Gasteiger partial charge >= 0.3 is 0 Å².